The fourth-order valence-electron chi connectivity index (χ4n) is 0.770. The standard InChI is InChI=1S/C8H6BrClO/c1-5-2-6(4-11)7(9)3-8(5)10/h2-4H,1H3. The monoisotopic (exact) mass is 232 g/mol. The molecule has 0 amide bonds. The van der Waals surface area contributed by atoms with Gasteiger partial charge in [0.2, 0.25) is 0 Å². The van der Waals surface area contributed by atoms with Crippen molar-refractivity contribution < 1.29 is 4.79 Å². The largest absolute Gasteiger partial charge is 0.298 e. The number of halogens is 2. The average molecular weight is 233 g/mol. The van der Waals surface area contributed by atoms with Crippen molar-refractivity contribution in [2.24, 2.45) is 0 Å². The van der Waals surface area contributed by atoms with E-state index in [0.29, 0.717) is 10.6 Å². The Morgan fingerprint density at radius 1 is 1.55 bits per heavy atom. The van der Waals surface area contributed by atoms with E-state index in [-0.39, 0.29) is 0 Å². The highest BCUT2D eigenvalue weighted by Gasteiger charge is 2.01. The number of carbonyl (C=O) groups is 1. The molecule has 0 heterocycles. The van der Waals surface area contributed by atoms with E-state index in [1.807, 2.05) is 6.92 Å². The summed E-state index contributed by atoms with van der Waals surface area (Å²) >= 11 is 9.02. The Kier molecular flexibility index (Phi) is 2.68. The highest BCUT2D eigenvalue weighted by molar-refractivity contribution is 9.10. The Morgan fingerprint density at radius 3 is 2.73 bits per heavy atom. The van der Waals surface area contributed by atoms with E-state index in [2.05, 4.69) is 15.9 Å². The van der Waals surface area contributed by atoms with Crippen molar-refractivity contribution in [2.45, 2.75) is 6.92 Å². The molecular weight excluding hydrogens is 227 g/mol. The molecule has 1 aromatic rings. The van der Waals surface area contributed by atoms with Crippen molar-refractivity contribution in [1.82, 2.24) is 0 Å². The molecule has 1 rings (SSSR count). The molecule has 0 saturated heterocycles. The van der Waals surface area contributed by atoms with Crippen molar-refractivity contribution in [1.29, 1.82) is 0 Å². The molecule has 3 heteroatoms. The van der Waals surface area contributed by atoms with Gasteiger partial charge in [-0.15, -0.1) is 0 Å². The van der Waals surface area contributed by atoms with E-state index in [0.717, 1.165) is 16.3 Å². The number of hydrogen-bond donors (Lipinski definition) is 0. The zero-order valence-corrected chi connectivity index (χ0v) is 8.24. The van der Waals surface area contributed by atoms with Crippen LogP contribution in [-0.4, -0.2) is 6.29 Å². The summed E-state index contributed by atoms with van der Waals surface area (Å²) in [5, 5.41) is 0.669. The fraction of sp³-hybridized carbons (Fsp3) is 0.125. The second-order valence-corrected chi connectivity index (χ2v) is 3.50. The van der Waals surface area contributed by atoms with Gasteiger partial charge in [0.1, 0.15) is 0 Å². The minimum atomic E-state index is 0.631. The van der Waals surface area contributed by atoms with Crippen LogP contribution in [0.25, 0.3) is 0 Å². The molecule has 0 aliphatic heterocycles. The lowest BCUT2D eigenvalue weighted by molar-refractivity contribution is 0.112. The second kappa shape index (κ2) is 3.37. The molecule has 11 heavy (non-hydrogen) atoms. The first-order valence-electron chi connectivity index (χ1n) is 3.06. The maximum absolute atomic E-state index is 10.4. The summed E-state index contributed by atoms with van der Waals surface area (Å²) in [7, 11) is 0. The molecule has 0 saturated carbocycles. The second-order valence-electron chi connectivity index (χ2n) is 2.24. The zero-order chi connectivity index (χ0) is 8.43. The van der Waals surface area contributed by atoms with E-state index in [1.54, 1.807) is 12.1 Å². The number of carbonyl (C=O) groups excluding carboxylic acids is 1. The van der Waals surface area contributed by atoms with E-state index >= 15 is 0 Å². The molecule has 0 fully saturated rings. The summed E-state index contributed by atoms with van der Waals surface area (Å²) in [5.74, 6) is 0. The summed E-state index contributed by atoms with van der Waals surface area (Å²) in [6.07, 6.45) is 0.799. The number of rotatable bonds is 1. The van der Waals surface area contributed by atoms with Crippen molar-refractivity contribution >= 4 is 33.8 Å². The van der Waals surface area contributed by atoms with Crippen LogP contribution in [0.5, 0.6) is 0 Å². The first-order chi connectivity index (χ1) is 5.15. The van der Waals surface area contributed by atoms with Gasteiger partial charge in [0, 0.05) is 15.1 Å². The number of aldehydes is 1. The SMILES string of the molecule is Cc1cc(C=O)c(Br)cc1Cl. The predicted molar refractivity (Wildman–Crippen MR) is 49.3 cm³/mol. The minimum absolute atomic E-state index is 0.631. The van der Waals surface area contributed by atoms with Gasteiger partial charge < -0.3 is 0 Å². The quantitative estimate of drug-likeness (QED) is 0.681. The van der Waals surface area contributed by atoms with Crippen molar-refractivity contribution in [2.75, 3.05) is 0 Å². The van der Waals surface area contributed by atoms with Crippen LogP contribution in [0, 0.1) is 6.92 Å². The molecule has 0 aliphatic rings. The Morgan fingerprint density at radius 2 is 2.18 bits per heavy atom. The molecular formula is C8H6BrClO. The van der Waals surface area contributed by atoms with Gasteiger partial charge >= 0.3 is 0 Å². The van der Waals surface area contributed by atoms with Gasteiger partial charge in [-0.05, 0) is 24.6 Å². The summed E-state index contributed by atoms with van der Waals surface area (Å²) in [6, 6.07) is 3.47. The van der Waals surface area contributed by atoms with Gasteiger partial charge in [-0.2, -0.15) is 0 Å². The maximum Gasteiger partial charge on any atom is 0.151 e. The molecule has 0 aliphatic carbocycles. The van der Waals surface area contributed by atoms with Crippen LogP contribution in [0.3, 0.4) is 0 Å². The van der Waals surface area contributed by atoms with Crippen LogP contribution in [0.4, 0.5) is 0 Å². The Bertz CT molecular complexity index is 296. The van der Waals surface area contributed by atoms with E-state index in [1.165, 1.54) is 0 Å². The topological polar surface area (TPSA) is 17.1 Å². The Labute approximate surface area is 78.5 Å². The van der Waals surface area contributed by atoms with Gasteiger partial charge in [0.25, 0.3) is 0 Å². The lowest BCUT2D eigenvalue weighted by atomic mass is 10.2. The van der Waals surface area contributed by atoms with Crippen LogP contribution in [0.2, 0.25) is 5.02 Å². The molecule has 1 aromatic carbocycles. The first-order valence-corrected chi connectivity index (χ1v) is 4.23. The summed E-state index contributed by atoms with van der Waals surface area (Å²) in [6.45, 7) is 1.86. The lowest BCUT2D eigenvalue weighted by Crippen LogP contribution is -1.84. The number of aryl methyl sites for hydroxylation is 1. The fourth-order valence-corrected chi connectivity index (χ4v) is 1.50. The zero-order valence-electron chi connectivity index (χ0n) is 5.90. The molecule has 0 unspecified atom stereocenters. The molecule has 0 bridgehead atoms. The first kappa shape index (κ1) is 8.75. The molecule has 0 N–H and O–H groups in total. The van der Waals surface area contributed by atoms with E-state index in [4.69, 9.17) is 11.6 Å². The third-order valence-electron chi connectivity index (χ3n) is 1.40. The van der Waals surface area contributed by atoms with Gasteiger partial charge in [-0.25, -0.2) is 0 Å². The molecule has 0 spiro atoms. The molecule has 1 nitrogen and oxygen atoms in total. The van der Waals surface area contributed by atoms with Crippen molar-refractivity contribution in [3.05, 3.63) is 32.8 Å². The number of hydrogen-bond acceptors (Lipinski definition) is 1. The van der Waals surface area contributed by atoms with Crippen molar-refractivity contribution in [3.8, 4) is 0 Å². The van der Waals surface area contributed by atoms with E-state index in [9.17, 15) is 4.79 Å². The number of benzene rings is 1. The van der Waals surface area contributed by atoms with Gasteiger partial charge in [0.15, 0.2) is 6.29 Å². The summed E-state index contributed by atoms with van der Waals surface area (Å²) in [4.78, 5) is 10.4. The Balaban J connectivity index is 3.31. The van der Waals surface area contributed by atoms with Crippen molar-refractivity contribution in [3.63, 3.8) is 0 Å². The third kappa shape index (κ3) is 1.82. The maximum atomic E-state index is 10.4. The normalized spacial score (nSPS) is 9.73. The van der Waals surface area contributed by atoms with Gasteiger partial charge in [-0.3, -0.25) is 4.79 Å². The molecule has 0 aromatic heterocycles. The highest BCUT2D eigenvalue weighted by Crippen LogP contribution is 2.23. The van der Waals surface area contributed by atoms with Crippen LogP contribution in [0.15, 0.2) is 16.6 Å². The highest BCUT2D eigenvalue weighted by atomic mass is 79.9. The minimum Gasteiger partial charge on any atom is -0.298 e. The van der Waals surface area contributed by atoms with Gasteiger partial charge in [0.05, 0.1) is 0 Å². The summed E-state index contributed by atoms with van der Waals surface area (Å²) < 4.78 is 0.739. The van der Waals surface area contributed by atoms with Gasteiger partial charge in [-0.1, -0.05) is 27.5 Å². The molecule has 0 atom stereocenters. The smallest absolute Gasteiger partial charge is 0.151 e. The predicted octanol–water partition coefficient (Wildman–Crippen LogP) is 3.22. The lowest BCUT2D eigenvalue weighted by Gasteiger charge is -2.00. The van der Waals surface area contributed by atoms with Crippen LogP contribution in [0.1, 0.15) is 15.9 Å². The van der Waals surface area contributed by atoms with Crippen LogP contribution >= 0.6 is 27.5 Å². The Hall–Kier alpha value is -0.340. The van der Waals surface area contributed by atoms with Crippen LogP contribution in [-0.2, 0) is 0 Å². The molecule has 58 valence electrons. The van der Waals surface area contributed by atoms with Crippen LogP contribution < -0.4 is 0 Å². The average Bonchev–Trinajstić information content (AvgIpc) is 1.97. The third-order valence-corrected chi connectivity index (χ3v) is 2.50. The summed E-state index contributed by atoms with van der Waals surface area (Å²) in [5.41, 5.74) is 1.55. The van der Waals surface area contributed by atoms with E-state index < -0.39 is 0 Å². The molecule has 0 radical (unpaired) electrons.